The summed E-state index contributed by atoms with van der Waals surface area (Å²) in [5.41, 5.74) is 0.187. The number of piperidine rings is 1. The van der Waals surface area contributed by atoms with Crippen LogP contribution >= 0.6 is 0 Å². The summed E-state index contributed by atoms with van der Waals surface area (Å²) in [6, 6.07) is 5.05. The summed E-state index contributed by atoms with van der Waals surface area (Å²) < 4.78 is 36.5. The fourth-order valence-corrected chi connectivity index (χ4v) is 2.41. The first-order chi connectivity index (χ1) is 11.2. The van der Waals surface area contributed by atoms with Crippen LogP contribution in [0, 0.1) is 5.92 Å². The number of carbonyl (C=O) groups excluding carboxylic acids is 2. The Morgan fingerprint density at radius 3 is 2.08 bits per heavy atom. The highest BCUT2D eigenvalue weighted by atomic mass is 19.4. The van der Waals surface area contributed by atoms with Crippen LogP contribution in [0.3, 0.4) is 0 Å². The highest BCUT2D eigenvalue weighted by Gasteiger charge is 2.38. The van der Waals surface area contributed by atoms with Crippen molar-refractivity contribution in [3.63, 3.8) is 0 Å². The number of nitrogens with zero attached hydrogens (tertiary/aromatic N) is 1. The van der Waals surface area contributed by atoms with Gasteiger partial charge in [0.25, 0.3) is 5.91 Å². The number of halogens is 3. The van der Waals surface area contributed by atoms with Crippen molar-refractivity contribution < 1.29 is 32.7 Å². The van der Waals surface area contributed by atoms with Crippen LogP contribution in [0.2, 0.25) is 0 Å². The minimum absolute atomic E-state index is 0.0709. The van der Waals surface area contributed by atoms with Crippen LogP contribution in [0.5, 0.6) is 0 Å². The zero-order valence-corrected chi connectivity index (χ0v) is 12.5. The van der Waals surface area contributed by atoms with Gasteiger partial charge in [0.1, 0.15) is 0 Å². The van der Waals surface area contributed by atoms with Crippen molar-refractivity contribution in [3.05, 3.63) is 29.8 Å². The zero-order valence-electron chi connectivity index (χ0n) is 12.5. The first-order valence-electron chi connectivity index (χ1n) is 7.19. The second kappa shape index (κ2) is 6.90. The van der Waals surface area contributed by atoms with E-state index in [1.54, 1.807) is 5.32 Å². The molecule has 1 aromatic rings. The van der Waals surface area contributed by atoms with Crippen molar-refractivity contribution in [1.29, 1.82) is 0 Å². The van der Waals surface area contributed by atoms with E-state index in [-0.39, 0.29) is 17.2 Å². The Morgan fingerprint density at radius 2 is 1.62 bits per heavy atom. The van der Waals surface area contributed by atoms with Crippen LogP contribution in [0.15, 0.2) is 24.3 Å². The Morgan fingerprint density at radius 1 is 1.08 bits per heavy atom. The maximum Gasteiger partial charge on any atom is 0.471 e. The normalized spacial score (nSPS) is 15.9. The predicted octanol–water partition coefficient (Wildman–Crippen LogP) is 2.12. The lowest BCUT2D eigenvalue weighted by Crippen LogP contribution is -2.40. The summed E-state index contributed by atoms with van der Waals surface area (Å²) >= 11 is 0. The van der Waals surface area contributed by atoms with Gasteiger partial charge in [0.2, 0.25) is 0 Å². The number of anilines is 1. The third kappa shape index (κ3) is 4.24. The van der Waals surface area contributed by atoms with Crippen molar-refractivity contribution in [3.8, 4) is 0 Å². The molecule has 130 valence electrons. The molecule has 1 aliphatic rings. The largest absolute Gasteiger partial charge is 0.481 e. The van der Waals surface area contributed by atoms with Gasteiger partial charge in [-0.3, -0.25) is 14.4 Å². The first kappa shape index (κ1) is 17.8. The minimum atomic E-state index is -4.98. The van der Waals surface area contributed by atoms with E-state index in [2.05, 4.69) is 0 Å². The molecule has 1 heterocycles. The van der Waals surface area contributed by atoms with E-state index >= 15 is 0 Å². The Balaban J connectivity index is 1.97. The van der Waals surface area contributed by atoms with E-state index in [1.807, 2.05) is 0 Å². The molecule has 0 aliphatic carbocycles. The summed E-state index contributed by atoms with van der Waals surface area (Å²) in [6.07, 6.45) is -4.26. The SMILES string of the molecule is O=C(O)C1CCN(C(=O)c2ccc(NC(=O)C(F)(F)F)cc2)CC1. The molecule has 1 aromatic carbocycles. The Labute approximate surface area is 135 Å². The second-order valence-corrected chi connectivity index (χ2v) is 5.43. The van der Waals surface area contributed by atoms with Gasteiger partial charge in [0.05, 0.1) is 5.92 Å². The molecule has 2 rings (SSSR count). The highest BCUT2D eigenvalue weighted by molar-refractivity contribution is 5.97. The van der Waals surface area contributed by atoms with Gasteiger partial charge >= 0.3 is 18.1 Å². The Kier molecular flexibility index (Phi) is 5.10. The van der Waals surface area contributed by atoms with Gasteiger partial charge in [-0.2, -0.15) is 13.2 Å². The van der Waals surface area contributed by atoms with Gasteiger partial charge in [0, 0.05) is 24.3 Å². The lowest BCUT2D eigenvalue weighted by molar-refractivity contribution is -0.167. The molecule has 1 aliphatic heterocycles. The van der Waals surface area contributed by atoms with Crippen LogP contribution in [-0.2, 0) is 9.59 Å². The van der Waals surface area contributed by atoms with Crippen molar-refractivity contribution in [1.82, 2.24) is 4.90 Å². The van der Waals surface area contributed by atoms with E-state index in [4.69, 9.17) is 5.11 Å². The zero-order chi connectivity index (χ0) is 17.9. The molecule has 0 spiro atoms. The van der Waals surface area contributed by atoms with E-state index in [1.165, 1.54) is 29.2 Å². The fourth-order valence-electron chi connectivity index (χ4n) is 2.41. The summed E-state index contributed by atoms with van der Waals surface area (Å²) in [4.78, 5) is 35.5. The molecule has 2 N–H and O–H groups in total. The maximum absolute atomic E-state index is 12.3. The van der Waals surface area contributed by atoms with Crippen LogP contribution in [0.1, 0.15) is 23.2 Å². The molecule has 0 saturated carbocycles. The number of carboxylic acid groups (broad SMARTS) is 1. The summed E-state index contributed by atoms with van der Waals surface area (Å²) in [5, 5.41) is 10.6. The minimum Gasteiger partial charge on any atom is -0.481 e. The molecular weight excluding hydrogens is 329 g/mol. The number of hydrogen-bond donors (Lipinski definition) is 2. The second-order valence-electron chi connectivity index (χ2n) is 5.43. The Bertz CT molecular complexity index is 635. The van der Waals surface area contributed by atoms with Gasteiger partial charge in [-0.1, -0.05) is 0 Å². The molecule has 0 aromatic heterocycles. The average molecular weight is 344 g/mol. The highest BCUT2D eigenvalue weighted by Crippen LogP contribution is 2.21. The predicted molar refractivity (Wildman–Crippen MR) is 77.4 cm³/mol. The van der Waals surface area contributed by atoms with Crippen molar-refractivity contribution in [2.24, 2.45) is 5.92 Å². The number of alkyl halides is 3. The van der Waals surface area contributed by atoms with Gasteiger partial charge < -0.3 is 15.3 Å². The molecule has 0 unspecified atom stereocenters. The van der Waals surface area contributed by atoms with Crippen LogP contribution < -0.4 is 5.32 Å². The number of hydrogen-bond acceptors (Lipinski definition) is 3. The number of nitrogens with one attached hydrogen (secondary N) is 1. The first-order valence-corrected chi connectivity index (χ1v) is 7.19. The number of rotatable bonds is 3. The lowest BCUT2D eigenvalue weighted by Gasteiger charge is -2.30. The molecule has 24 heavy (non-hydrogen) atoms. The summed E-state index contributed by atoms with van der Waals surface area (Å²) in [6.45, 7) is 0.616. The topological polar surface area (TPSA) is 86.7 Å². The number of aliphatic carboxylic acids is 1. The van der Waals surface area contributed by atoms with Gasteiger partial charge in [0.15, 0.2) is 0 Å². The molecule has 0 radical (unpaired) electrons. The smallest absolute Gasteiger partial charge is 0.471 e. The van der Waals surface area contributed by atoms with Crippen LogP contribution in [0.4, 0.5) is 18.9 Å². The molecule has 9 heteroatoms. The average Bonchev–Trinajstić information content (AvgIpc) is 2.54. The number of likely N-dealkylation sites (tertiary alicyclic amines) is 1. The molecule has 1 fully saturated rings. The van der Waals surface area contributed by atoms with Gasteiger partial charge in [-0.05, 0) is 37.1 Å². The third-order valence-corrected chi connectivity index (χ3v) is 3.78. The molecular formula is C15H15F3N2O4. The van der Waals surface area contributed by atoms with E-state index in [9.17, 15) is 27.6 Å². The van der Waals surface area contributed by atoms with Crippen LogP contribution in [0.25, 0.3) is 0 Å². The van der Waals surface area contributed by atoms with E-state index in [0.29, 0.717) is 25.9 Å². The molecule has 0 bridgehead atoms. The fraction of sp³-hybridized carbons (Fsp3) is 0.400. The van der Waals surface area contributed by atoms with Crippen molar-refractivity contribution in [2.75, 3.05) is 18.4 Å². The van der Waals surface area contributed by atoms with Crippen molar-refractivity contribution in [2.45, 2.75) is 19.0 Å². The summed E-state index contributed by atoms with van der Waals surface area (Å²) in [7, 11) is 0. The van der Waals surface area contributed by atoms with Gasteiger partial charge in [-0.25, -0.2) is 0 Å². The Hall–Kier alpha value is -2.58. The number of carboxylic acids is 1. The van der Waals surface area contributed by atoms with Crippen molar-refractivity contribution >= 4 is 23.5 Å². The number of carbonyl (C=O) groups is 3. The molecule has 6 nitrogen and oxygen atoms in total. The molecule has 2 amide bonds. The monoisotopic (exact) mass is 344 g/mol. The van der Waals surface area contributed by atoms with Crippen LogP contribution in [-0.4, -0.2) is 47.1 Å². The summed E-state index contributed by atoms with van der Waals surface area (Å²) in [5.74, 6) is -3.76. The molecule has 1 saturated heterocycles. The number of benzene rings is 1. The van der Waals surface area contributed by atoms with E-state index in [0.717, 1.165) is 0 Å². The quantitative estimate of drug-likeness (QED) is 0.879. The standard InChI is InChI=1S/C15H15F3N2O4/c16-15(17,18)14(24)19-11-3-1-9(2-4-11)12(21)20-7-5-10(6-8-20)13(22)23/h1-4,10H,5-8H2,(H,19,24)(H,22,23). The van der Waals surface area contributed by atoms with E-state index < -0.39 is 24.0 Å². The maximum atomic E-state index is 12.3. The number of amides is 2. The molecule has 0 atom stereocenters. The van der Waals surface area contributed by atoms with Gasteiger partial charge in [-0.15, -0.1) is 0 Å². The lowest BCUT2D eigenvalue weighted by atomic mass is 9.96. The third-order valence-electron chi connectivity index (χ3n) is 3.78.